The van der Waals surface area contributed by atoms with Gasteiger partial charge < -0.3 is 21.4 Å². The first kappa shape index (κ1) is 19.5. The molecule has 17 heavy (non-hydrogen) atoms. The minimum atomic E-state index is -1.72. The number of rotatable bonds is 2. The summed E-state index contributed by atoms with van der Waals surface area (Å²) >= 11 is 0. The molecule has 0 fully saturated rings. The molecule has 0 aliphatic rings. The summed E-state index contributed by atoms with van der Waals surface area (Å²) in [4.78, 5) is 0. The van der Waals surface area contributed by atoms with Crippen molar-refractivity contribution in [3.05, 3.63) is 36.8 Å². The molecule has 1 aromatic carbocycles. The van der Waals surface area contributed by atoms with Crippen molar-refractivity contribution in [3.63, 3.8) is 0 Å². The maximum atomic E-state index is 6.17. The Morgan fingerprint density at radius 2 is 1.59 bits per heavy atom. The zero-order chi connectivity index (χ0) is 11.7. The van der Waals surface area contributed by atoms with Crippen LogP contribution >= 0.6 is 0 Å². The zero-order valence-corrected chi connectivity index (χ0v) is 17.1. The topological polar surface area (TPSA) is 9.23 Å². The molecule has 0 unspecified atom stereocenters. The van der Waals surface area contributed by atoms with Crippen molar-refractivity contribution in [1.29, 1.82) is 0 Å². The van der Waals surface area contributed by atoms with E-state index >= 15 is 0 Å². The van der Waals surface area contributed by atoms with Crippen LogP contribution in [-0.4, -0.2) is 8.32 Å². The first-order valence-corrected chi connectivity index (χ1v) is 8.25. The normalized spacial score (nSPS) is 11.1. The molecule has 0 atom stereocenters. The first-order chi connectivity index (χ1) is 6.74. The van der Waals surface area contributed by atoms with Crippen LogP contribution < -0.4 is 21.4 Å². The molecule has 0 radical (unpaired) electrons. The van der Waals surface area contributed by atoms with Gasteiger partial charge in [-0.05, 0) is 23.9 Å². The Balaban J connectivity index is 0. The molecule has 0 aromatic heterocycles. The van der Waals surface area contributed by atoms with Crippen LogP contribution in [0.2, 0.25) is 18.1 Å². The molecule has 1 aromatic rings. The Morgan fingerprint density at radius 3 is 2.00 bits per heavy atom. The molecule has 0 bridgehead atoms. The second kappa shape index (κ2) is 6.96. The molecule has 0 amide bonds. The van der Waals surface area contributed by atoms with E-state index in [0.717, 1.165) is 11.3 Å². The number of halogens is 1. The third-order valence-electron chi connectivity index (χ3n) is 3.14. The van der Waals surface area contributed by atoms with Gasteiger partial charge in [-0.3, -0.25) is 0 Å². The van der Waals surface area contributed by atoms with E-state index < -0.39 is 8.32 Å². The van der Waals surface area contributed by atoms with Crippen LogP contribution in [0.25, 0.3) is 0 Å². The fourth-order valence-electron chi connectivity index (χ4n) is 1.03. The molecule has 0 aliphatic carbocycles. The summed E-state index contributed by atoms with van der Waals surface area (Å²) in [6.45, 7) is 15.2. The number of para-hydroxylation sites is 1. The van der Waals surface area contributed by atoms with Gasteiger partial charge in [0.1, 0.15) is 0 Å². The molecule has 1 rings (SSSR count). The van der Waals surface area contributed by atoms with Gasteiger partial charge in [-0.1, -0.05) is 32.9 Å². The second-order valence-corrected chi connectivity index (χ2v) is 10.2. The quantitative estimate of drug-likeness (QED) is 0.565. The van der Waals surface area contributed by atoms with Crippen molar-refractivity contribution in [3.8, 4) is 5.75 Å². The minimum Gasteiger partial charge on any atom is -1.00 e. The van der Waals surface area contributed by atoms with Gasteiger partial charge >= 0.3 is 19.5 Å². The summed E-state index contributed by atoms with van der Waals surface area (Å²) in [7, 11) is -1.72. The molecule has 1 nitrogen and oxygen atoms in total. The summed E-state index contributed by atoms with van der Waals surface area (Å²) in [5.74, 6) is 0.934. The van der Waals surface area contributed by atoms with E-state index in [0.29, 0.717) is 0 Å². The molecular formula is C13H21BrOSiZn. The van der Waals surface area contributed by atoms with Crippen LogP contribution in [0.5, 0.6) is 5.75 Å². The van der Waals surface area contributed by atoms with Crippen molar-refractivity contribution < 1.29 is 40.9 Å². The Kier molecular flexibility index (Phi) is 8.00. The number of benzene rings is 1. The third-order valence-corrected chi connectivity index (χ3v) is 7.49. The van der Waals surface area contributed by atoms with E-state index in [-0.39, 0.29) is 41.5 Å². The van der Waals surface area contributed by atoms with Crippen molar-refractivity contribution in [2.24, 2.45) is 0 Å². The predicted molar refractivity (Wildman–Crippen MR) is 68.7 cm³/mol. The van der Waals surface area contributed by atoms with Gasteiger partial charge in [0.05, 0.1) is 0 Å². The number of hydrogen-bond acceptors (Lipinski definition) is 1. The Bertz CT molecular complexity index is 348. The van der Waals surface area contributed by atoms with Crippen LogP contribution in [-0.2, 0) is 19.5 Å². The maximum Gasteiger partial charge on any atom is 2.00 e. The van der Waals surface area contributed by atoms with E-state index in [4.69, 9.17) is 4.43 Å². The van der Waals surface area contributed by atoms with Gasteiger partial charge in [0.25, 0.3) is 0 Å². The van der Waals surface area contributed by atoms with E-state index in [1.54, 1.807) is 0 Å². The standard InChI is InChI=1S/C13H21OSi.BrH.Zn/c1-11-9-7-8-10-12(11)14-15(5,6)13(2,3)4;;/h7-10H,1H2,2-6H3;1H;/q-1;;+2/p-1. The van der Waals surface area contributed by atoms with Gasteiger partial charge in [0.2, 0.25) is 8.32 Å². The molecule has 0 spiro atoms. The van der Waals surface area contributed by atoms with Gasteiger partial charge in [0.15, 0.2) is 0 Å². The van der Waals surface area contributed by atoms with E-state index in [1.807, 2.05) is 24.3 Å². The van der Waals surface area contributed by atoms with Gasteiger partial charge in [-0.2, -0.15) is 18.6 Å². The van der Waals surface area contributed by atoms with Crippen molar-refractivity contribution in [1.82, 2.24) is 0 Å². The first-order valence-electron chi connectivity index (χ1n) is 5.34. The van der Waals surface area contributed by atoms with Crippen molar-refractivity contribution in [2.45, 2.75) is 38.9 Å². The summed E-state index contributed by atoms with van der Waals surface area (Å²) in [5.41, 5.74) is 0.974. The van der Waals surface area contributed by atoms with E-state index in [1.165, 1.54) is 0 Å². The molecular weight excluding hydrogens is 346 g/mol. The molecule has 4 heteroatoms. The molecule has 0 N–H and O–H groups in total. The van der Waals surface area contributed by atoms with Gasteiger partial charge in [-0.15, -0.1) is 6.07 Å². The fourth-order valence-corrected chi connectivity index (χ4v) is 2.09. The number of hydrogen-bond donors (Lipinski definition) is 0. The summed E-state index contributed by atoms with van der Waals surface area (Å²) < 4.78 is 6.17. The maximum absolute atomic E-state index is 6.17. The monoisotopic (exact) mass is 364 g/mol. The second-order valence-electron chi connectivity index (χ2n) is 5.47. The minimum absolute atomic E-state index is 0. The largest absolute Gasteiger partial charge is 2.00 e. The Labute approximate surface area is 130 Å². The average Bonchev–Trinajstić information content (AvgIpc) is 2.06. The van der Waals surface area contributed by atoms with Crippen LogP contribution in [0.15, 0.2) is 24.3 Å². The molecule has 92 valence electrons. The van der Waals surface area contributed by atoms with Crippen LogP contribution in [0.1, 0.15) is 26.3 Å². The van der Waals surface area contributed by atoms with E-state index in [9.17, 15) is 0 Å². The van der Waals surface area contributed by atoms with Gasteiger partial charge in [0, 0.05) is 0 Å². The average molecular weight is 367 g/mol. The van der Waals surface area contributed by atoms with Crippen molar-refractivity contribution >= 4 is 8.32 Å². The van der Waals surface area contributed by atoms with Crippen molar-refractivity contribution in [2.75, 3.05) is 0 Å². The third kappa shape index (κ3) is 5.15. The SMILES string of the molecule is [Br-].[CH2-]c1ccccc1O[Si](C)(C)C(C)(C)C.[Zn+2]. The van der Waals surface area contributed by atoms with Crippen LogP contribution in [0.4, 0.5) is 0 Å². The summed E-state index contributed by atoms with van der Waals surface area (Å²) in [6, 6.07) is 7.98. The molecule has 0 saturated carbocycles. The molecule has 0 heterocycles. The summed E-state index contributed by atoms with van der Waals surface area (Å²) in [5, 5.41) is 0.231. The predicted octanol–water partition coefficient (Wildman–Crippen LogP) is 1.25. The Hall–Kier alpha value is 0.210. The van der Waals surface area contributed by atoms with Crippen LogP contribution in [0.3, 0.4) is 0 Å². The smallest absolute Gasteiger partial charge is 1.00 e. The van der Waals surface area contributed by atoms with Gasteiger partial charge in [-0.25, -0.2) is 0 Å². The van der Waals surface area contributed by atoms with Crippen LogP contribution in [0, 0.1) is 6.92 Å². The fraction of sp³-hybridized carbons (Fsp3) is 0.462. The molecule has 0 saturated heterocycles. The zero-order valence-electron chi connectivity index (χ0n) is 11.5. The molecule has 0 aliphatic heterocycles. The van der Waals surface area contributed by atoms with E-state index in [2.05, 4.69) is 40.8 Å². The Morgan fingerprint density at radius 1 is 1.12 bits per heavy atom. The summed E-state index contributed by atoms with van der Waals surface area (Å²) in [6.07, 6.45) is 0.